The summed E-state index contributed by atoms with van der Waals surface area (Å²) in [7, 11) is 1.92. The van der Waals surface area contributed by atoms with Gasteiger partial charge in [0, 0.05) is 31.7 Å². The van der Waals surface area contributed by atoms with Crippen molar-refractivity contribution < 1.29 is 14.3 Å². The second-order valence-corrected chi connectivity index (χ2v) is 6.64. The third-order valence-corrected chi connectivity index (χ3v) is 5.89. The van der Waals surface area contributed by atoms with Crippen molar-refractivity contribution in [1.29, 1.82) is 0 Å². The van der Waals surface area contributed by atoms with E-state index in [4.69, 9.17) is 15.2 Å². The lowest BCUT2D eigenvalue weighted by molar-refractivity contribution is -0.182. The molecule has 1 saturated heterocycles. The second kappa shape index (κ2) is 7.28. The Balaban J connectivity index is 2.02. The predicted molar refractivity (Wildman–Crippen MR) is 86.6 cm³/mol. The van der Waals surface area contributed by atoms with E-state index >= 15 is 0 Å². The molecule has 0 spiro atoms. The first-order chi connectivity index (χ1) is 10.5. The molecule has 0 aromatic carbocycles. The third-order valence-electron chi connectivity index (χ3n) is 5.89. The minimum atomic E-state index is -0.309. The Morgan fingerprint density at radius 2 is 2.00 bits per heavy atom. The van der Waals surface area contributed by atoms with Gasteiger partial charge in [-0.25, -0.2) is 0 Å². The van der Waals surface area contributed by atoms with Crippen molar-refractivity contribution in [3.05, 3.63) is 0 Å². The standard InChI is InChI=1S/C17H32N2O3/c1-5-17(6-2)14(10-15(17)21-7-3)19(4)16(20)13-9-8-12(11-18)22-13/h12-15H,5-11,18H2,1-4H3/t12-,13+,14?,15?/m1/s1. The molecule has 0 aromatic rings. The van der Waals surface area contributed by atoms with Gasteiger partial charge in [-0.1, -0.05) is 13.8 Å². The molecule has 2 N–H and O–H groups in total. The van der Waals surface area contributed by atoms with E-state index in [2.05, 4.69) is 13.8 Å². The normalized spacial score (nSPS) is 33.5. The number of amides is 1. The maximum atomic E-state index is 12.7. The van der Waals surface area contributed by atoms with Crippen LogP contribution in [0.1, 0.15) is 52.9 Å². The molecule has 0 aromatic heterocycles. The fourth-order valence-corrected chi connectivity index (χ4v) is 4.32. The van der Waals surface area contributed by atoms with Gasteiger partial charge in [-0.05, 0) is 39.0 Å². The smallest absolute Gasteiger partial charge is 0.251 e. The van der Waals surface area contributed by atoms with E-state index < -0.39 is 0 Å². The molecule has 1 aliphatic heterocycles. The van der Waals surface area contributed by atoms with Gasteiger partial charge in [0.1, 0.15) is 6.10 Å². The van der Waals surface area contributed by atoms with Crippen LogP contribution in [-0.2, 0) is 14.3 Å². The Morgan fingerprint density at radius 1 is 1.32 bits per heavy atom. The van der Waals surface area contributed by atoms with Crippen molar-refractivity contribution in [2.24, 2.45) is 11.1 Å². The van der Waals surface area contributed by atoms with Gasteiger partial charge >= 0.3 is 0 Å². The molecule has 128 valence electrons. The Morgan fingerprint density at radius 3 is 2.50 bits per heavy atom. The topological polar surface area (TPSA) is 64.8 Å². The van der Waals surface area contributed by atoms with Crippen LogP contribution in [0, 0.1) is 5.41 Å². The quantitative estimate of drug-likeness (QED) is 0.780. The fourth-order valence-electron chi connectivity index (χ4n) is 4.32. The van der Waals surface area contributed by atoms with E-state index in [9.17, 15) is 4.79 Å². The van der Waals surface area contributed by atoms with Gasteiger partial charge < -0.3 is 20.1 Å². The molecule has 1 amide bonds. The minimum Gasteiger partial charge on any atom is -0.378 e. The van der Waals surface area contributed by atoms with Crippen molar-refractivity contribution in [2.45, 2.75) is 77.2 Å². The van der Waals surface area contributed by atoms with Gasteiger partial charge in [-0.2, -0.15) is 0 Å². The van der Waals surface area contributed by atoms with Crippen LogP contribution in [0.25, 0.3) is 0 Å². The van der Waals surface area contributed by atoms with Gasteiger partial charge in [-0.15, -0.1) is 0 Å². The summed E-state index contributed by atoms with van der Waals surface area (Å²) in [5, 5.41) is 0. The van der Waals surface area contributed by atoms with E-state index in [0.717, 1.165) is 38.7 Å². The van der Waals surface area contributed by atoms with Gasteiger partial charge in [0.2, 0.25) is 0 Å². The van der Waals surface area contributed by atoms with Crippen LogP contribution in [0.3, 0.4) is 0 Å². The largest absolute Gasteiger partial charge is 0.378 e. The zero-order valence-corrected chi connectivity index (χ0v) is 14.5. The van der Waals surface area contributed by atoms with Gasteiger partial charge in [0.05, 0.1) is 12.2 Å². The molecule has 4 atom stereocenters. The minimum absolute atomic E-state index is 0.0435. The lowest BCUT2D eigenvalue weighted by Crippen LogP contribution is -2.65. The number of hydrogen-bond acceptors (Lipinski definition) is 4. The summed E-state index contributed by atoms with van der Waals surface area (Å²) >= 11 is 0. The highest BCUT2D eigenvalue weighted by molar-refractivity contribution is 5.81. The maximum absolute atomic E-state index is 12.7. The summed E-state index contributed by atoms with van der Waals surface area (Å²) in [4.78, 5) is 14.7. The highest BCUT2D eigenvalue weighted by atomic mass is 16.5. The zero-order chi connectivity index (χ0) is 16.3. The highest BCUT2D eigenvalue weighted by Gasteiger charge is 2.56. The zero-order valence-electron chi connectivity index (χ0n) is 14.5. The van der Waals surface area contributed by atoms with Crippen LogP contribution in [-0.4, -0.2) is 55.4 Å². The average Bonchev–Trinajstić information content (AvgIpc) is 3.00. The molecule has 2 fully saturated rings. The molecule has 1 heterocycles. The Labute approximate surface area is 134 Å². The number of rotatable bonds is 7. The molecular formula is C17H32N2O3. The van der Waals surface area contributed by atoms with Crippen LogP contribution >= 0.6 is 0 Å². The van der Waals surface area contributed by atoms with Crippen LogP contribution in [0.4, 0.5) is 0 Å². The summed E-state index contributed by atoms with van der Waals surface area (Å²) < 4.78 is 11.7. The van der Waals surface area contributed by atoms with Crippen LogP contribution in [0.2, 0.25) is 0 Å². The van der Waals surface area contributed by atoms with Gasteiger partial charge in [0.15, 0.2) is 0 Å². The van der Waals surface area contributed by atoms with Crippen molar-refractivity contribution in [3.8, 4) is 0 Å². The molecule has 2 aliphatic rings. The number of ether oxygens (including phenoxy) is 2. The van der Waals surface area contributed by atoms with E-state index in [0.29, 0.717) is 6.54 Å². The van der Waals surface area contributed by atoms with Crippen molar-refractivity contribution in [1.82, 2.24) is 4.90 Å². The third kappa shape index (κ3) is 2.91. The summed E-state index contributed by atoms with van der Waals surface area (Å²) in [6.07, 6.45) is 4.69. The Kier molecular flexibility index (Phi) is 5.86. The van der Waals surface area contributed by atoms with Crippen molar-refractivity contribution in [2.75, 3.05) is 20.2 Å². The molecule has 0 bridgehead atoms. The Bertz CT molecular complexity index is 384. The maximum Gasteiger partial charge on any atom is 0.251 e. The molecule has 2 unspecified atom stereocenters. The molecule has 2 rings (SSSR count). The first kappa shape index (κ1) is 17.7. The summed E-state index contributed by atoms with van der Waals surface area (Å²) in [6.45, 7) is 7.68. The molecular weight excluding hydrogens is 280 g/mol. The van der Waals surface area contributed by atoms with Crippen LogP contribution < -0.4 is 5.73 Å². The number of likely N-dealkylation sites (N-methyl/N-ethyl adjacent to an activating group) is 1. The number of carbonyl (C=O) groups is 1. The van der Waals surface area contributed by atoms with Crippen molar-refractivity contribution in [3.63, 3.8) is 0 Å². The first-order valence-corrected chi connectivity index (χ1v) is 8.77. The summed E-state index contributed by atoms with van der Waals surface area (Å²) in [5.74, 6) is 0.113. The van der Waals surface area contributed by atoms with Gasteiger partial charge in [-0.3, -0.25) is 4.79 Å². The molecule has 5 nitrogen and oxygen atoms in total. The first-order valence-electron chi connectivity index (χ1n) is 8.77. The van der Waals surface area contributed by atoms with Crippen molar-refractivity contribution >= 4 is 5.91 Å². The lowest BCUT2D eigenvalue weighted by atomic mass is 9.58. The number of hydrogen-bond donors (Lipinski definition) is 1. The second-order valence-electron chi connectivity index (χ2n) is 6.64. The lowest BCUT2D eigenvalue weighted by Gasteiger charge is -2.58. The Hall–Kier alpha value is -0.650. The molecule has 1 aliphatic carbocycles. The fraction of sp³-hybridized carbons (Fsp3) is 0.941. The van der Waals surface area contributed by atoms with Crippen LogP contribution in [0.15, 0.2) is 0 Å². The number of nitrogens with two attached hydrogens (primary N) is 1. The van der Waals surface area contributed by atoms with E-state index in [1.807, 2.05) is 18.9 Å². The van der Waals surface area contributed by atoms with Crippen LogP contribution in [0.5, 0.6) is 0 Å². The highest BCUT2D eigenvalue weighted by Crippen LogP contribution is 2.51. The number of nitrogens with zero attached hydrogens (tertiary/aromatic N) is 1. The summed E-state index contributed by atoms with van der Waals surface area (Å²) in [5.41, 5.74) is 5.73. The molecule has 5 heteroatoms. The summed E-state index contributed by atoms with van der Waals surface area (Å²) in [6, 6.07) is 0.257. The number of carbonyl (C=O) groups excluding carboxylic acids is 1. The SMILES string of the molecule is CCOC1CC(N(C)C(=O)[C@@H]2CC[C@H](CN)O2)C1(CC)CC. The monoisotopic (exact) mass is 312 g/mol. The average molecular weight is 312 g/mol. The van der Waals surface area contributed by atoms with E-state index in [1.165, 1.54) is 0 Å². The molecule has 0 radical (unpaired) electrons. The molecule has 22 heavy (non-hydrogen) atoms. The predicted octanol–water partition coefficient (Wildman–Crippen LogP) is 1.93. The van der Waals surface area contributed by atoms with E-state index in [1.54, 1.807) is 0 Å². The molecule has 1 saturated carbocycles. The van der Waals surface area contributed by atoms with Gasteiger partial charge in [0.25, 0.3) is 5.91 Å². The van der Waals surface area contributed by atoms with E-state index in [-0.39, 0.29) is 35.7 Å².